The molecule has 0 saturated carbocycles. The summed E-state index contributed by atoms with van der Waals surface area (Å²) in [5.74, 6) is 0.595. The number of aromatic nitrogens is 3. The molecule has 0 aliphatic carbocycles. The van der Waals surface area contributed by atoms with Crippen LogP contribution in [0.5, 0.6) is 0 Å². The lowest BCUT2D eigenvalue weighted by molar-refractivity contribution is 0.651. The molecule has 12 aromatic rings. The molecule has 0 N–H and O–H groups in total. The number of benzene rings is 7. The van der Waals surface area contributed by atoms with Gasteiger partial charge in [-0.05, 0) is 36.4 Å². The van der Waals surface area contributed by atoms with Crippen LogP contribution in [0.4, 0.5) is 0 Å². The highest BCUT2D eigenvalue weighted by Crippen LogP contribution is 2.48. The molecule has 0 radical (unpaired) electrons. The van der Waals surface area contributed by atoms with E-state index < -0.39 is 0 Å². The second kappa shape index (κ2) is 9.76. The van der Waals surface area contributed by atoms with E-state index in [9.17, 15) is 0 Å². The Bertz CT molecular complexity index is 3400. The summed E-state index contributed by atoms with van der Waals surface area (Å²) < 4.78 is 14.0. The van der Waals surface area contributed by atoms with Crippen molar-refractivity contribution in [3.8, 4) is 17.2 Å². The van der Waals surface area contributed by atoms with E-state index in [-0.39, 0.29) is 0 Å². The molecule has 0 bridgehead atoms. The fourth-order valence-electron chi connectivity index (χ4n) is 8.12. The Hall–Kier alpha value is -6.08. The molecule has 5 aromatic heterocycles. The zero-order valence-electron chi connectivity index (χ0n) is 26.3. The molecule has 232 valence electrons. The lowest BCUT2D eigenvalue weighted by atomic mass is 10.00. The van der Waals surface area contributed by atoms with E-state index in [4.69, 9.17) is 14.4 Å². The second-order valence-electron chi connectivity index (χ2n) is 12.9. The van der Waals surface area contributed by atoms with Crippen molar-refractivity contribution < 1.29 is 4.42 Å². The van der Waals surface area contributed by atoms with Gasteiger partial charge in [0.25, 0.3) is 0 Å². The summed E-state index contributed by atoms with van der Waals surface area (Å²) in [7, 11) is 0. The Kier molecular flexibility index (Phi) is 5.23. The van der Waals surface area contributed by atoms with Gasteiger partial charge in [0.2, 0.25) is 11.7 Å². The van der Waals surface area contributed by atoms with Crippen LogP contribution in [0.2, 0.25) is 0 Å². The molecule has 0 atom stereocenters. The Morgan fingerprint density at radius 1 is 0.480 bits per heavy atom. The van der Waals surface area contributed by atoms with E-state index in [1.54, 1.807) is 0 Å². The van der Waals surface area contributed by atoms with Gasteiger partial charge in [-0.25, -0.2) is 4.98 Å². The maximum Gasteiger partial charge on any atom is 0.238 e. The third-order valence-corrected chi connectivity index (χ3v) is 12.6. The number of thiophene rings is 2. The van der Waals surface area contributed by atoms with Crippen molar-refractivity contribution in [3.05, 3.63) is 140 Å². The van der Waals surface area contributed by atoms with E-state index in [1.807, 2.05) is 34.8 Å². The van der Waals surface area contributed by atoms with Crippen LogP contribution in [-0.2, 0) is 0 Å². The van der Waals surface area contributed by atoms with E-state index in [2.05, 4.69) is 132 Å². The normalized spacial score (nSPS) is 12.4. The smallest absolute Gasteiger partial charge is 0.238 e. The number of fused-ring (bicyclic) bond motifs is 16. The zero-order valence-corrected chi connectivity index (χ0v) is 28.0. The molecule has 5 heterocycles. The Morgan fingerprint density at radius 3 is 2.00 bits per heavy atom. The number of furan rings is 1. The highest BCUT2D eigenvalue weighted by atomic mass is 32.1. The maximum absolute atomic E-state index is 6.56. The third-order valence-electron chi connectivity index (χ3n) is 10.2. The number of para-hydroxylation sites is 2. The SMILES string of the molecule is c1ccc2c(c1)oc1nc(-n3c4ccccc4c4c5c6ccccc6sc5c5ccccc5c43)nc(-c3ccc4sc5ccccc5c4c3)c12. The lowest BCUT2D eigenvalue weighted by Gasteiger charge is -2.11. The molecule has 0 spiro atoms. The molecule has 0 amide bonds. The minimum atomic E-state index is 0.582. The summed E-state index contributed by atoms with van der Waals surface area (Å²) in [6, 6.07) is 49.8. The van der Waals surface area contributed by atoms with Gasteiger partial charge in [0.15, 0.2) is 0 Å². The van der Waals surface area contributed by atoms with Crippen LogP contribution in [0.25, 0.3) is 112 Å². The monoisotopic (exact) mass is 673 g/mol. The first-order valence-corrected chi connectivity index (χ1v) is 18.3. The van der Waals surface area contributed by atoms with Gasteiger partial charge in [-0.1, -0.05) is 103 Å². The Balaban J connectivity index is 1.27. The highest BCUT2D eigenvalue weighted by Gasteiger charge is 2.25. The summed E-state index contributed by atoms with van der Waals surface area (Å²) in [5.41, 5.74) is 5.47. The zero-order chi connectivity index (χ0) is 32.5. The van der Waals surface area contributed by atoms with Crippen molar-refractivity contribution in [2.75, 3.05) is 0 Å². The molecule has 12 rings (SSSR count). The van der Waals surface area contributed by atoms with E-state index in [0.717, 1.165) is 38.6 Å². The van der Waals surface area contributed by atoms with Gasteiger partial charge in [-0.3, -0.25) is 4.57 Å². The number of hydrogen-bond donors (Lipinski definition) is 0. The maximum atomic E-state index is 6.56. The second-order valence-corrected chi connectivity index (χ2v) is 15.0. The van der Waals surface area contributed by atoms with Gasteiger partial charge in [-0.2, -0.15) is 4.98 Å². The summed E-state index contributed by atoms with van der Waals surface area (Å²) in [6.45, 7) is 0. The average Bonchev–Trinajstić information content (AvgIpc) is 3.93. The highest BCUT2D eigenvalue weighted by molar-refractivity contribution is 7.27. The first-order chi connectivity index (χ1) is 24.8. The lowest BCUT2D eigenvalue weighted by Crippen LogP contribution is -2.03. The van der Waals surface area contributed by atoms with Crippen molar-refractivity contribution in [2.24, 2.45) is 0 Å². The molecule has 0 aliphatic heterocycles. The van der Waals surface area contributed by atoms with Crippen LogP contribution < -0.4 is 0 Å². The Labute approximate surface area is 292 Å². The predicted octanol–water partition coefficient (Wildman–Crippen LogP) is 13.0. The largest absolute Gasteiger partial charge is 0.437 e. The van der Waals surface area contributed by atoms with Crippen molar-refractivity contribution in [2.45, 2.75) is 0 Å². The van der Waals surface area contributed by atoms with Crippen molar-refractivity contribution >= 4 is 118 Å². The fourth-order valence-corrected chi connectivity index (χ4v) is 10.5. The molecule has 50 heavy (non-hydrogen) atoms. The van der Waals surface area contributed by atoms with Crippen LogP contribution in [0.15, 0.2) is 144 Å². The molecular formula is C44H23N3OS2. The van der Waals surface area contributed by atoms with Crippen molar-refractivity contribution in [1.82, 2.24) is 14.5 Å². The number of hydrogen-bond acceptors (Lipinski definition) is 5. The summed E-state index contributed by atoms with van der Waals surface area (Å²) in [6.07, 6.45) is 0. The quantitative estimate of drug-likeness (QED) is 0.183. The van der Waals surface area contributed by atoms with Crippen molar-refractivity contribution in [1.29, 1.82) is 0 Å². The van der Waals surface area contributed by atoms with Crippen LogP contribution >= 0.6 is 22.7 Å². The minimum Gasteiger partial charge on any atom is -0.437 e. The van der Waals surface area contributed by atoms with E-state index in [0.29, 0.717) is 11.7 Å². The molecule has 0 fully saturated rings. The molecular weight excluding hydrogens is 651 g/mol. The fraction of sp³-hybridized carbons (Fsp3) is 0. The predicted molar refractivity (Wildman–Crippen MR) is 212 cm³/mol. The first kappa shape index (κ1) is 26.8. The number of nitrogens with zero attached hydrogens (tertiary/aromatic N) is 3. The summed E-state index contributed by atoms with van der Waals surface area (Å²) >= 11 is 3.70. The standard InChI is InChI=1S/C44H23N3OS2/c1-2-13-27-26(12-1)41-37(38-30-16-6-10-20-35(30)50-42(27)38)28-14-3-7-17-32(28)47(41)44-45-40(39-29-15-4-8-18-33(29)48-43(39)46-44)24-21-22-36-31(23-24)25-11-5-9-19-34(25)49-36/h1-23H. The molecule has 0 saturated heterocycles. The van der Waals surface area contributed by atoms with Gasteiger partial charge in [0.1, 0.15) is 5.58 Å². The van der Waals surface area contributed by atoms with Gasteiger partial charge in [0, 0.05) is 72.8 Å². The van der Waals surface area contributed by atoms with Gasteiger partial charge < -0.3 is 4.42 Å². The van der Waals surface area contributed by atoms with Gasteiger partial charge >= 0.3 is 0 Å². The molecule has 0 aliphatic rings. The van der Waals surface area contributed by atoms with Crippen LogP contribution in [0.3, 0.4) is 0 Å². The van der Waals surface area contributed by atoms with E-state index >= 15 is 0 Å². The summed E-state index contributed by atoms with van der Waals surface area (Å²) in [5, 5.41) is 11.8. The third kappa shape index (κ3) is 3.49. The van der Waals surface area contributed by atoms with Crippen LogP contribution in [0, 0.1) is 0 Å². The van der Waals surface area contributed by atoms with E-state index in [1.165, 1.54) is 61.9 Å². The van der Waals surface area contributed by atoms with Crippen molar-refractivity contribution in [3.63, 3.8) is 0 Å². The topological polar surface area (TPSA) is 43.9 Å². The van der Waals surface area contributed by atoms with Gasteiger partial charge in [-0.15, -0.1) is 22.7 Å². The van der Waals surface area contributed by atoms with Gasteiger partial charge in [0.05, 0.1) is 22.1 Å². The van der Waals surface area contributed by atoms with Crippen LogP contribution in [0.1, 0.15) is 0 Å². The Morgan fingerprint density at radius 2 is 1.14 bits per heavy atom. The summed E-state index contributed by atoms with van der Waals surface area (Å²) in [4.78, 5) is 10.8. The first-order valence-electron chi connectivity index (χ1n) is 16.7. The molecule has 7 aromatic carbocycles. The molecule has 6 heteroatoms. The average molecular weight is 674 g/mol. The number of rotatable bonds is 2. The molecule has 4 nitrogen and oxygen atoms in total. The molecule has 0 unspecified atom stereocenters. The minimum absolute atomic E-state index is 0.582. The van der Waals surface area contributed by atoms with Crippen LogP contribution in [-0.4, -0.2) is 14.5 Å².